The normalized spacial score (nSPS) is 12.5. The van der Waals surface area contributed by atoms with Crippen molar-refractivity contribution >= 4 is 17.6 Å². The summed E-state index contributed by atoms with van der Waals surface area (Å²) in [5, 5.41) is 8.90. The molecule has 0 aromatic carbocycles. The number of hydrogen-bond acceptors (Lipinski definition) is 1. The number of halogens is 1. The maximum absolute atomic E-state index is 10.4. The molecule has 0 heterocycles. The van der Waals surface area contributed by atoms with E-state index in [0.717, 1.165) is 25.7 Å². The molecule has 2 nitrogen and oxygen atoms in total. The van der Waals surface area contributed by atoms with Gasteiger partial charge in [0.2, 0.25) is 0 Å². The molecule has 0 spiro atoms. The van der Waals surface area contributed by atoms with Crippen LogP contribution < -0.4 is 0 Å². The molecule has 0 aromatic heterocycles. The van der Waals surface area contributed by atoms with Crippen LogP contribution in [0.25, 0.3) is 0 Å². The molecule has 0 aliphatic heterocycles. The van der Waals surface area contributed by atoms with Gasteiger partial charge in [0.15, 0.2) is 0 Å². The number of carboxylic acid groups (broad SMARTS) is 1. The SMILES string of the molecule is CCCCCCCCC(Cl)CCCCCCCCC(=O)O. The van der Waals surface area contributed by atoms with Gasteiger partial charge in [0.25, 0.3) is 0 Å². The van der Waals surface area contributed by atoms with Crippen LogP contribution in [0.15, 0.2) is 0 Å². The zero-order valence-corrected chi connectivity index (χ0v) is 14.7. The summed E-state index contributed by atoms with van der Waals surface area (Å²) < 4.78 is 0. The minimum absolute atomic E-state index is 0.321. The second kappa shape index (κ2) is 16.1. The first-order chi connectivity index (χ1) is 10.2. The fourth-order valence-corrected chi connectivity index (χ4v) is 2.95. The van der Waals surface area contributed by atoms with Crippen LogP contribution in [0.1, 0.15) is 103 Å². The van der Waals surface area contributed by atoms with E-state index < -0.39 is 5.97 Å². The van der Waals surface area contributed by atoms with Crippen LogP contribution in [0, 0.1) is 0 Å². The van der Waals surface area contributed by atoms with Gasteiger partial charge in [0.05, 0.1) is 0 Å². The Labute approximate surface area is 136 Å². The molecule has 0 radical (unpaired) electrons. The molecule has 0 aliphatic carbocycles. The molecule has 0 saturated heterocycles. The van der Waals surface area contributed by atoms with Crippen LogP contribution in [0.2, 0.25) is 0 Å². The van der Waals surface area contributed by atoms with E-state index in [1.807, 2.05) is 0 Å². The molecule has 0 aromatic rings. The highest BCUT2D eigenvalue weighted by atomic mass is 35.5. The smallest absolute Gasteiger partial charge is 0.303 e. The third kappa shape index (κ3) is 17.7. The van der Waals surface area contributed by atoms with Gasteiger partial charge in [0, 0.05) is 11.8 Å². The zero-order valence-electron chi connectivity index (χ0n) is 13.9. The molecule has 0 saturated carbocycles. The highest BCUT2D eigenvalue weighted by Crippen LogP contribution is 2.18. The van der Waals surface area contributed by atoms with E-state index in [1.165, 1.54) is 64.2 Å². The van der Waals surface area contributed by atoms with Gasteiger partial charge in [-0.2, -0.15) is 0 Å². The highest BCUT2D eigenvalue weighted by Gasteiger charge is 2.04. The van der Waals surface area contributed by atoms with Crippen molar-refractivity contribution in [3.05, 3.63) is 0 Å². The molecular weight excluding hydrogens is 284 g/mol. The zero-order chi connectivity index (χ0) is 15.8. The first kappa shape index (κ1) is 20.8. The van der Waals surface area contributed by atoms with Gasteiger partial charge in [-0.05, 0) is 19.3 Å². The number of aliphatic carboxylic acids is 1. The summed E-state index contributed by atoms with van der Waals surface area (Å²) in [5.74, 6) is -0.672. The van der Waals surface area contributed by atoms with Crippen molar-refractivity contribution in [2.45, 2.75) is 109 Å². The summed E-state index contributed by atoms with van der Waals surface area (Å²) >= 11 is 6.35. The Bertz CT molecular complexity index is 231. The number of alkyl halides is 1. The molecule has 3 heteroatoms. The van der Waals surface area contributed by atoms with Gasteiger partial charge in [-0.3, -0.25) is 4.79 Å². The lowest BCUT2D eigenvalue weighted by atomic mass is 10.0. The average Bonchev–Trinajstić information content (AvgIpc) is 2.45. The quantitative estimate of drug-likeness (QED) is 0.259. The number of carbonyl (C=O) groups is 1. The van der Waals surface area contributed by atoms with E-state index in [0.29, 0.717) is 11.8 Å². The van der Waals surface area contributed by atoms with Crippen molar-refractivity contribution in [1.29, 1.82) is 0 Å². The van der Waals surface area contributed by atoms with E-state index in [1.54, 1.807) is 0 Å². The van der Waals surface area contributed by atoms with Gasteiger partial charge >= 0.3 is 5.97 Å². The third-order valence-electron chi connectivity index (χ3n) is 4.03. The molecule has 0 bridgehead atoms. The van der Waals surface area contributed by atoms with E-state index in [2.05, 4.69) is 6.92 Å². The molecule has 1 unspecified atom stereocenters. The molecule has 0 rings (SSSR count). The van der Waals surface area contributed by atoms with Crippen molar-refractivity contribution in [2.24, 2.45) is 0 Å². The number of rotatable bonds is 16. The summed E-state index contributed by atoms with van der Waals surface area (Å²) in [6, 6.07) is 0. The minimum atomic E-state index is -0.672. The molecule has 21 heavy (non-hydrogen) atoms. The maximum atomic E-state index is 10.4. The summed E-state index contributed by atoms with van der Waals surface area (Å²) in [5.41, 5.74) is 0. The predicted molar refractivity (Wildman–Crippen MR) is 92.2 cm³/mol. The summed E-state index contributed by atoms with van der Waals surface area (Å²) in [6.07, 6.45) is 17.4. The van der Waals surface area contributed by atoms with E-state index in [4.69, 9.17) is 16.7 Å². The van der Waals surface area contributed by atoms with Crippen molar-refractivity contribution in [3.63, 3.8) is 0 Å². The largest absolute Gasteiger partial charge is 0.481 e. The molecule has 0 fully saturated rings. The fourth-order valence-electron chi connectivity index (χ4n) is 2.64. The second-order valence-electron chi connectivity index (χ2n) is 6.21. The maximum Gasteiger partial charge on any atom is 0.303 e. The predicted octanol–water partition coefficient (Wildman–Crippen LogP) is 6.55. The second-order valence-corrected chi connectivity index (χ2v) is 6.82. The van der Waals surface area contributed by atoms with E-state index in [-0.39, 0.29) is 0 Å². The minimum Gasteiger partial charge on any atom is -0.481 e. The lowest BCUT2D eigenvalue weighted by Gasteiger charge is -2.09. The Balaban J connectivity index is 3.15. The van der Waals surface area contributed by atoms with Gasteiger partial charge in [-0.25, -0.2) is 0 Å². The van der Waals surface area contributed by atoms with Crippen molar-refractivity contribution < 1.29 is 9.90 Å². The van der Waals surface area contributed by atoms with Crippen molar-refractivity contribution in [1.82, 2.24) is 0 Å². The Morgan fingerprint density at radius 2 is 1.24 bits per heavy atom. The van der Waals surface area contributed by atoms with Gasteiger partial charge < -0.3 is 5.11 Å². The lowest BCUT2D eigenvalue weighted by molar-refractivity contribution is -0.137. The van der Waals surface area contributed by atoms with Gasteiger partial charge in [0.1, 0.15) is 0 Å². The van der Waals surface area contributed by atoms with Crippen LogP contribution in [0.3, 0.4) is 0 Å². The summed E-state index contributed by atoms with van der Waals surface area (Å²) in [6.45, 7) is 2.25. The summed E-state index contributed by atoms with van der Waals surface area (Å²) in [7, 11) is 0. The van der Waals surface area contributed by atoms with Crippen molar-refractivity contribution in [3.8, 4) is 0 Å². The van der Waals surface area contributed by atoms with Crippen LogP contribution in [-0.4, -0.2) is 16.5 Å². The molecule has 0 amide bonds. The first-order valence-electron chi connectivity index (χ1n) is 9.02. The van der Waals surface area contributed by atoms with E-state index >= 15 is 0 Å². The number of hydrogen-bond donors (Lipinski definition) is 1. The van der Waals surface area contributed by atoms with Crippen LogP contribution in [0.5, 0.6) is 0 Å². The molecule has 1 atom stereocenters. The Morgan fingerprint density at radius 3 is 1.71 bits per heavy atom. The Hall–Kier alpha value is -0.240. The van der Waals surface area contributed by atoms with Crippen LogP contribution >= 0.6 is 11.6 Å². The Kier molecular flexibility index (Phi) is 16.0. The Morgan fingerprint density at radius 1 is 0.810 bits per heavy atom. The number of carboxylic acids is 1. The average molecular weight is 319 g/mol. The topological polar surface area (TPSA) is 37.3 Å². The third-order valence-corrected chi connectivity index (χ3v) is 4.47. The lowest BCUT2D eigenvalue weighted by Crippen LogP contribution is -1.98. The monoisotopic (exact) mass is 318 g/mol. The van der Waals surface area contributed by atoms with Gasteiger partial charge in [-0.15, -0.1) is 11.6 Å². The number of unbranched alkanes of at least 4 members (excludes halogenated alkanes) is 10. The van der Waals surface area contributed by atoms with E-state index in [9.17, 15) is 4.79 Å². The standard InChI is InChI=1S/C18H35ClO2/c1-2-3-4-5-8-11-14-17(19)15-12-9-6-7-10-13-16-18(20)21/h17H,2-16H2,1H3,(H,20,21). The molecule has 1 N–H and O–H groups in total. The van der Waals surface area contributed by atoms with Crippen LogP contribution in [-0.2, 0) is 4.79 Å². The summed E-state index contributed by atoms with van der Waals surface area (Å²) in [4.78, 5) is 10.4. The fraction of sp³-hybridized carbons (Fsp3) is 0.944. The van der Waals surface area contributed by atoms with Crippen molar-refractivity contribution in [2.75, 3.05) is 0 Å². The molecule has 0 aliphatic rings. The van der Waals surface area contributed by atoms with Gasteiger partial charge in [-0.1, -0.05) is 77.6 Å². The first-order valence-corrected chi connectivity index (χ1v) is 9.46. The molecular formula is C18H35ClO2. The molecule has 126 valence electrons. The van der Waals surface area contributed by atoms with Crippen LogP contribution in [0.4, 0.5) is 0 Å². The highest BCUT2D eigenvalue weighted by molar-refractivity contribution is 6.20.